The fourth-order valence-electron chi connectivity index (χ4n) is 3.47. The molecule has 0 saturated carbocycles. The molecule has 1 heterocycles. The maximum Gasteiger partial charge on any atom is 0.339 e. The molecule has 4 rings (SSSR count). The van der Waals surface area contributed by atoms with Crippen LogP contribution in [0, 0.1) is 0 Å². The number of hydrogen-bond acceptors (Lipinski definition) is 3. The van der Waals surface area contributed by atoms with Crippen LogP contribution in [0.3, 0.4) is 0 Å². The number of fused-ring (bicyclic) bond motifs is 1. The standard InChI is InChI=1S/C22H19NO4/c24-21-9-4-12-23(21)17-10-11-19(22(25)26)20(13-17)27-14-16-7-3-6-15-5-1-2-8-18(15)16/h1-3,5-8,10-11,13H,4,9,12,14H2,(H,25,26). The zero-order valence-electron chi connectivity index (χ0n) is 14.7. The van der Waals surface area contributed by atoms with Gasteiger partial charge in [0.1, 0.15) is 17.9 Å². The van der Waals surface area contributed by atoms with Crippen LogP contribution < -0.4 is 9.64 Å². The Bertz CT molecular complexity index is 1020. The van der Waals surface area contributed by atoms with E-state index in [0.717, 1.165) is 22.8 Å². The minimum atomic E-state index is -1.05. The van der Waals surface area contributed by atoms with Gasteiger partial charge in [0.05, 0.1) is 0 Å². The number of hydrogen-bond donors (Lipinski definition) is 1. The lowest BCUT2D eigenvalue weighted by atomic mass is 10.1. The number of rotatable bonds is 5. The summed E-state index contributed by atoms with van der Waals surface area (Å²) in [5, 5.41) is 11.7. The molecule has 1 fully saturated rings. The molecule has 0 bridgehead atoms. The average Bonchev–Trinajstić information content (AvgIpc) is 3.12. The van der Waals surface area contributed by atoms with Crippen molar-refractivity contribution in [2.24, 2.45) is 0 Å². The second-order valence-electron chi connectivity index (χ2n) is 6.56. The van der Waals surface area contributed by atoms with Crippen LogP contribution in [0.2, 0.25) is 0 Å². The molecule has 1 N–H and O–H groups in total. The van der Waals surface area contributed by atoms with Gasteiger partial charge in [-0.3, -0.25) is 4.79 Å². The van der Waals surface area contributed by atoms with Gasteiger partial charge < -0.3 is 14.7 Å². The van der Waals surface area contributed by atoms with Gasteiger partial charge in [-0.15, -0.1) is 0 Å². The van der Waals surface area contributed by atoms with Gasteiger partial charge in [0.15, 0.2) is 0 Å². The van der Waals surface area contributed by atoms with E-state index in [0.29, 0.717) is 18.7 Å². The summed E-state index contributed by atoms with van der Waals surface area (Å²) in [6, 6.07) is 18.8. The molecule has 0 spiro atoms. The maximum atomic E-state index is 12.0. The third-order valence-electron chi connectivity index (χ3n) is 4.84. The molecule has 1 saturated heterocycles. The molecular weight excluding hydrogens is 342 g/mol. The first-order valence-corrected chi connectivity index (χ1v) is 8.90. The van der Waals surface area contributed by atoms with Crippen LogP contribution in [-0.4, -0.2) is 23.5 Å². The highest BCUT2D eigenvalue weighted by atomic mass is 16.5. The molecule has 0 radical (unpaired) electrons. The highest BCUT2D eigenvalue weighted by molar-refractivity contribution is 5.97. The molecule has 0 aromatic heterocycles. The van der Waals surface area contributed by atoms with Crippen molar-refractivity contribution in [2.45, 2.75) is 19.4 Å². The van der Waals surface area contributed by atoms with Crippen molar-refractivity contribution in [1.29, 1.82) is 0 Å². The minimum Gasteiger partial charge on any atom is -0.488 e. The summed E-state index contributed by atoms with van der Waals surface area (Å²) in [5.41, 5.74) is 1.74. The third kappa shape index (κ3) is 3.36. The summed E-state index contributed by atoms with van der Waals surface area (Å²) >= 11 is 0. The normalized spacial score (nSPS) is 13.9. The Kier molecular flexibility index (Phi) is 4.50. The number of benzene rings is 3. The molecule has 1 amide bonds. The van der Waals surface area contributed by atoms with Gasteiger partial charge >= 0.3 is 5.97 Å². The highest BCUT2D eigenvalue weighted by Gasteiger charge is 2.23. The van der Waals surface area contributed by atoms with E-state index in [9.17, 15) is 14.7 Å². The lowest BCUT2D eigenvalue weighted by molar-refractivity contribution is -0.117. The molecule has 0 atom stereocenters. The van der Waals surface area contributed by atoms with Crippen LogP contribution in [0.5, 0.6) is 5.75 Å². The van der Waals surface area contributed by atoms with Gasteiger partial charge in [0.2, 0.25) is 5.91 Å². The molecule has 136 valence electrons. The molecular formula is C22H19NO4. The summed E-state index contributed by atoms with van der Waals surface area (Å²) in [4.78, 5) is 25.3. The van der Waals surface area contributed by atoms with Crippen LogP contribution in [0.1, 0.15) is 28.8 Å². The molecule has 5 heteroatoms. The first-order chi connectivity index (χ1) is 13.1. The third-order valence-corrected chi connectivity index (χ3v) is 4.84. The van der Waals surface area contributed by atoms with E-state index >= 15 is 0 Å². The smallest absolute Gasteiger partial charge is 0.339 e. The molecule has 27 heavy (non-hydrogen) atoms. The Hall–Kier alpha value is -3.34. The second kappa shape index (κ2) is 7.11. The van der Waals surface area contributed by atoms with Gasteiger partial charge in [-0.05, 0) is 34.9 Å². The lowest BCUT2D eigenvalue weighted by Crippen LogP contribution is -2.23. The topological polar surface area (TPSA) is 66.8 Å². The Morgan fingerprint density at radius 3 is 2.67 bits per heavy atom. The van der Waals surface area contributed by atoms with E-state index < -0.39 is 5.97 Å². The predicted molar refractivity (Wildman–Crippen MR) is 103 cm³/mol. The van der Waals surface area contributed by atoms with Crippen molar-refractivity contribution in [3.63, 3.8) is 0 Å². The Labute approximate surface area is 156 Å². The van der Waals surface area contributed by atoms with Crippen molar-refractivity contribution in [3.05, 3.63) is 71.8 Å². The van der Waals surface area contributed by atoms with Crippen LogP contribution in [0.4, 0.5) is 5.69 Å². The first kappa shape index (κ1) is 17.1. The summed E-state index contributed by atoms with van der Waals surface area (Å²) in [5.74, 6) is -0.729. The van der Waals surface area contributed by atoms with Crippen LogP contribution in [0.15, 0.2) is 60.7 Å². The monoisotopic (exact) mass is 361 g/mol. The number of amides is 1. The quantitative estimate of drug-likeness (QED) is 0.738. The first-order valence-electron chi connectivity index (χ1n) is 8.90. The van der Waals surface area contributed by atoms with Gasteiger partial charge in [-0.1, -0.05) is 42.5 Å². The van der Waals surface area contributed by atoms with E-state index in [1.165, 1.54) is 6.07 Å². The van der Waals surface area contributed by atoms with E-state index in [-0.39, 0.29) is 23.8 Å². The number of carbonyl (C=O) groups excluding carboxylic acids is 1. The van der Waals surface area contributed by atoms with Gasteiger partial charge in [-0.25, -0.2) is 4.79 Å². The zero-order chi connectivity index (χ0) is 18.8. The van der Waals surface area contributed by atoms with E-state index in [2.05, 4.69) is 0 Å². The number of aromatic carboxylic acids is 1. The van der Waals surface area contributed by atoms with Crippen molar-refractivity contribution in [1.82, 2.24) is 0 Å². The molecule has 0 unspecified atom stereocenters. The Morgan fingerprint density at radius 2 is 1.89 bits per heavy atom. The highest BCUT2D eigenvalue weighted by Crippen LogP contribution is 2.30. The number of anilines is 1. The minimum absolute atomic E-state index is 0.0538. The number of carbonyl (C=O) groups is 2. The Balaban J connectivity index is 1.65. The fraction of sp³-hybridized carbons (Fsp3) is 0.182. The van der Waals surface area contributed by atoms with Crippen molar-refractivity contribution < 1.29 is 19.4 Å². The van der Waals surface area contributed by atoms with E-state index in [1.54, 1.807) is 17.0 Å². The lowest BCUT2D eigenvalue weighted by Gasteiger charge is -2.18. The maximum absolute atomic E-state index is 12.0. The summed E-state index contributed by atoms with van der Waals surface area (Å²) in [7, 11) is 0. The van der Waals surface area contributed by atoms with E-state index in [1.807, 2.05) is 42.5 Å². The zero-order valence-corrected chi connectivity index (χ0v) is 14.7. The number of nitrogens with zero attached hydrogens (tertiary/aromatic N) is 1. The van der Waals surface area contributed by atoms with Crippen molar-refractivity contribution in [3.8, 4) is 5.75 Å². The average molecular weight is 361 g/mol. The summed E-state index contributed by atoms with van der Waals surface area (Å²) in [6.45, 7) is 0.896. The molecule has 0 aliphatic carbocycles. The molecule has 3 aromatic rings. The SMILES string of the molecule is O=C(O)c1ccc(N2CCCC2=O)cc1OCc1cccc2ccccc12. The summed E-state index contributed by atoms with van der Waals surface area (Å²) in [6.07, 6.45) is 1.33. The Morgan fingerprint density at radius 1 is 1.07 bits per heavy atom. The van der Waals surface area contributed by atoms with Crippen molar-refractivity contribution in [2.75, 3.05) is 11.4 Å². The van der Waals surface area contributed by atoms with Crippen molar-refractivity contribution >= 4 is 28.3 Å². The molecule has 3 aromatic carbocycles. The largest absolute Gasteiger partial charge is 0.488 e. The van der Waals surface area contributed by atoms with Crippen LogP contribution in [-0.2, 0) is 11.4 Å². The van der Waals surface area contributed by atoms with Gasteiger partial charge in [-0.2, -0.15) is 0 Å². The molecule has 1 aliphatic rings. The van der Waals surface area contributed by atoms with E-state index in [4.69, 9.17) is 4.74 Å². The van der Waals surface area contributed by atoms with Crippen LogP contribution >= 0.6 is 0 Å². The number of ether oxygens (including phenoxy) is 1. The second-order valence-corrected chi connectivity index (χ2v) is 6.56. The summed E-state index contributed by atoms with van der Waals surface area (Å²) < 4.78 is 5.91. The number of carboxylic acids is 1. The van der Waals surface area contributed by atoms with Gasteiger partial charge in [0, 0.05) is 24.7 Å². The van der Waals surface area contributed by atoms with Crippen LogP contribution in [0.25, 0.3) is 10.8 Å². The predicted octanol–water partition coefficient (Wildman–Crippen LogP) is 4.24. The fourth-order valence-corrected chi connectivity index (χ4v) is 3.47. The number of carboxylic acid groups (broad SMARTS) is 1. The molecule has 5 nitrogen and oxygen atoms in total. The molecule has 1 aliphatic heterocycles. The van der Waals surface area contributed by atoms with Gasteiger partial charge in [0.25, 0.3) is 0 Å².